The summed E-state index contributed by atoms with van der Waals surface area (Å²) in [6.45, 7) is 4.57. The summed E-state index contributed by atoms with van der Waals surface area (Å²) >= 11 is 6.34. The summed E-state index contributed by atoms with van der Waals surface area (Å²) in [6, 6.07) is 14.9. The van der Waals surface area contributed by atoms with Gasteiger partial charge in [-0.05, 0) is 56.9 Å². The molecule has 0 heterocycles. The van der Waals surface area contributed by atoms with E-state index >= 15 is 0 Å². The van der Waals surface area contributed by atoms with Gasteiger partial charge in [0.15, 0.2) is 0 Å². The lowest BCUT2D eigenvalue weighted by Gasteiger charge is -2.30. The third kappa shape index (κ3) is 6.99. The first-order chi connectivity index (χ1) is 15.4. The molecule has 1 N–H and O–H groups in total. The Hall–Kier alpha value is -2.53. The molecule has 1 fully saturated rings. The van der Waals surface area contributed by atoms with Crippen molar-refractivity contribution in [2.75, 3.05) is 6.61 Å². The van der Waals surface area contributed by atoms with E-state index in [9.17, 15) is 9.59 Å². The van der Waals surface area contributed by atoms with Crippen molar-refractivity contribution in [3.8, 4) is 5.75 Å². The smallest absolute Gasteiger partial charge is 0.242 e. The highest BCUT2D eigenvalue weighted by atomic mass is 35.5. The van der Waals surface area contributed by atoms with Crippen LogP contribution in [0.1, 0.15) is 56.6 Å². The first-order valence-electron chi connectivity index (χ1n) is 11.5. The van der Waals surface area contributed by atoms with Gasteiger partial charge in [-0.15, -0.1) is 0 Å². The van der Waals surface area contributed by atoms with E-state index in [1.807, 2.05) is 49.4 Å². The van der Waals surface area contributed by atoms with E-state index in [0.29, 0.717) is 31.0 Å². The Bertz CT molecular complexity index is 894. The minimum absolute atomic E-state index is 0.0773. The number of carbonyl (C=O) groups is 2. The molecule has 0 spiro atoms. The van der Waals surface area contributed by atoms with E-state index in [1.54, 1.807) is 17.9 Å². The first kappa shape index (κ1) is 24.1. The maximum atomic E-state index is 13.1. The molecule has 0 aromatic heterocycles. The molecule has 172 valence electrons. The molecular formula is C26H33ClN2O3. The number of halogens is 1. The Morgan fingerprint density at radius 2 is 1.81 bits per heavy atom. The average molecular weight is 457 g/mol. The summed E-state index contributed by atoms with van der Waals surface area (Å²) < 4.78 is 5.75. The van der Waals surface area contributed by atoms with Gasteiger partial charge in [0.2, 0.25) is 11.8 Å². The van der Waals surface area contributed by atoms with Crippen LogP contribution in [0.5, 0.6) is 5.75 Å². The Labute approximate surface area is 196 Å². The van der Waals surface area contributed by atoms with Crippen molar-refractivity contribution in [1.29, 1.82) is 0 Å². The summed E-state index contributed by atoms with van der Waals surface area (Å²) in [7, 11) is 0. The zero-order valence-corrected chi connectivity index (χ0v) is 19.7. The van der Waals surface area contributed by atoms with E-state index in [2.05, 4.69) is 5.32 Å². The third-order valence-electron chi connectivity index (χ3n) is 5.99. The van der Waals surface area contributed by atoms with E-state index in [4.69, 9.17) is 16.3 Å². The van der Waals surface area contributed by atoms with Crippen LogP contribution in [0.15, 0.2) is 48.5 Å². The van der Waals surface area contributed by atoms with Crippen LogP contribution in [0.4, 0.5) is 0 Å². The van der Waals surface area contributed by atoms with Gasteiger partial charge in [0.25, 0.3) is 0 Å². The lowest BCUT2D eigenvalue weighted by molar-refractivity contribution is -0.141. The van der Waals surface area contributed by atoms with Crippen LogP contribution in [-0.2, 0) is 16.1 Å². The van der Waals surface area contributed by atoms with Gasteiger partial charge in [-0.3, -0.25) is 9.59 Å². The van der Waals surface area contributed by atoms with Crippen LogP contribution < -0.4 is 10.1 Å². The van der Waals surface area contributed by atoms with Gasteiger partial charge >= 0.3 is 0 Å². The van der Waals surface area contributed by atoms with Crippen molar-refractivity contribution in [2.45, 2.75) is 71.0 Å². The molecular weight excluding hydrogens is 424 g/mol. The molecule has 0 aliphatic heterocycles. The number of aryl methyl sites for hydroxylation is 1. The monoisotopic (exact) mass is 456 g/mol. The Morgan fingerprint density at radius 3 is 2.50 bits per heavy atom. The zero-order chi connectivity index (χ0) is 22.9. The van der Waals surface area contributed by atoms with Gasteiger partial charge in [0.05, 0.1) is 6.61 Å². The van der Waals surface area contributed by atoms with Crippen molar-refractivity contribution >= 4 is 23.4 Å². The van der Waals surface area contributed by atoms with Gasteiger partial charge in [-0.1, -0.05) is 60.3 Å². The van der Waals surface area contributed by atoms with Crippen molar-refractivity contribution < 1.29 is 14.3 Å². The highest BCUT2D eigenvalue weighted by molar-refractivity contribution is 6.31. The molecule has 32 heavy (non-hydrogen) atoms. The number of ether oxygens (including phenoxy) is 1. The third-order valence-corrected chi connectivity index (χ3v) is 6.36. The second kappa shape index (κ2) is 11.9. The van der Waals surface area contributed by atoms with E-state index in [1.165, 1.54) is 5.56 Å². The summed E-state index contributed by atoms with van der Waals surface area (Å²) in [4.78, 5) is 27.7. The lowest BCUT2D eigenvalue weighted by atomic mass is 10.1. The molecule has 3 rings (SSSR count). The van der Waals surface area contributed by atoms with Crippen molar-refractivity contribution in [2.24, 2.45) is 0 Å². The first-order valence-corrected chi connectivity index (χ1v) is 11.8. The number of rotatable bonds is 10. The van der Waals surface area contributed by atoms with E-state index in [0.717, 1.165) is 37.0 Å². The number of hydrogen-bond donors (Lipinski definition) is 1. The predicted octanol–water partition coefficient (Wildman–Crippen LogP) is 5.28. The molecule has 2 aromatic carbocycles. The lowest BCUT2D eigenvalue weighted by Crippen LogP contribution is -2.49. The highest BCUT2D eigenvalue weighted by Gasteiger charge is 2.28. The van der Waals surface area contributed by atoms with Crippen LogP contribution in [-0.4, -0.2) is 35.4 Å². The van der Waals surface area contributed by atoms with Crippen molar-refractivity contribution in [3.05, 3.63) is 64.7 Å². The number of carbonyl (C=O) groups excluding carboxylic acids is 2. The van der Waals surface area contributed by atoms with Crippen molar-refractivity contribution in [3.63, 3.8) is 0 Å². The summed E-state index contributed by atoms with van der Waals surface area (Å²) in [5, 5.41) is 3.71. The minimum Gasteiger partial charge on any atom is -0.494 e. The fraction of sp³-hybridized carbons (Fsp3) is 0.462. The Balaban J connectivity index is 1.60. The van der Waals surface area contributed by atoms with Gasteiger partial charge in [-0.25, -0.2) is 0 Å². The number of amides is 2. The van der Waals surface area contributed by atoms with Crippen LogP contribution >= 0.6 is 11.6 Å². The molecule has 1 atom stereocenters. The summed E-state index contributed by atoms with van der Waals surface area (Å²) in [5.41, 5.74) is 2.01. The molecule has 0 radical (unpaired) electrons. The zero-order valence-electron chi connectivity index (χ0n) is 19.0. The molecule has 2 aromatic rings. The molecule has 1 aliphatic carbocycles. The normalized spacial score (nSPS) is 14.7. The molecule has 6 heteroatoms. The Morgan fingerprint density at radius 1 is 1.12 bits per heavy atom. The van der Waals surface area contributed by atoms with Gasteiger partial charge in [0, 0.05) is 24.0 Å². The fourth-order valence-corrected chi connectivity index (χ4v) is 4.17. The molecule has 1 unspecified atom stereocenters. The second-order valence-corrected chi connectivity index (χ2v) is 8.95. The van der Waals surface area contributed by atoms with Gasteiger partial charge in [-0.2, -0.15) is 0 Å². The van der Waals surface area contributed by atoms with Crippen LogP contribution in [0, 0.1) is 6.92 Å². The predicted molar refractivity (Wildman–Crippen MR) is 128 cm³/mol. The topological polar surface area (TPSA) is 58.6 Å². The fourth-order valence-electron chi connectivity index (χ4n) is 3.98. The van der Waals surface area contributed by atoms with Crippen LogP contribution in [0.3, 0.4) is 0 Å². The molecule has 0 saturated heterocycles. The van der Waals surface area contributed by atoms with Crippen molar-refractivity contribution in [1.82, 2.24) is 10.2 Å². The van der Waals surface area contributed by atoms with E-state index < -0.39 is 6.04 Å². The SMILES string of the molecule is Cc1ccc(OCCCC(=O)N(Cc2ccccc2Cl)C(C)C(=O)NC2CCCC2)cc1. The van der Waals surface area contributed by atoms with Crippen LogP contribution in [0.25, 0.3) is 0 Å². The molecule has 2 amide bonds. The molecule has 1 saturated carbocycles. The van der Waals surface area contributed by atoms with E-state index in [-0.39, 0.29) is 17.9 Å². The maximum Gasteiger partial charge on any atom is 0.242 e. The van der Waals surface area contributed by atoms with Crippen LogP contribution in [0.2, 0.25) is 5.02 Å². The number of nitrogens with one attached hydrogen (secondary N) is 1. The van der Waals surface area contributed by atoms with Gasteiger partial charge < -0.3 is 15.0 Å². The quantitative estimate of drug-likeness (QED) is 0.494. The molecule has 5 nitrogen and oxygen atoms in total. The number of hydrogen-bond acceptors (Lipinski definition) is 3. The summed E-state index contributed by atoms with van der Waals surface area (Å²) in [5.74, 6) is 0.611. The maximum absolute atomic E-state index is 13.1. The number of benzene rings is 2. The highest BCUT2D eigenvalue weighted by Crippen LogP contribution is 2.21. The average Bonchev–Trinajstić information content (AvgIpc) is 3.30. The summed E-state index contributed by atoms with van der Waals surface area (Å²) in [6.07, 6.45) is 5.17. The molecule has 0 bridgehead atoms. The standard InChI is InChI=1S/C26H33ClN2O3/c1-19-13-15-23(16-14-19)32-17-7-12-25(30)29(18-21-8-3-6-11-24(21)27)20(2)26(31)28-22-9-4-5-10-22/h3,6,8,11,13-16,20,22H,4-5,7,9-10,12,17-18H2,1-2H3,(H,28,31). The number of nitrogens with zero attached hydrogens (tertiary/aromatic N) is 1. The van der Waals surface area contributed by atoms with Gasteiger partial charge in [0.1, 0.15) is 11.8 Å². The largest absolute Gasteiger partial charge is 0.494 e. The molecule has 1 aliphatic rings. The second-order valence-electron chi connectivity index (χ2n) is 8.54. The Kier molecular flexibility index (Phi) is 8.98. The minimum atomic E-state index is -0.572.